The summed E-state index contributed by atoms with van der Waals surface area (Å²) in [6.07, 6.45) is 0.921. The molecule has 1 aliphatic heterocycles. The number of methoxy groups -OCH3 is 2. The van der Waals surface area contributed by atoms with E-state index in [9.17, 15) is 4.79 Å². The van der Waals surface area contributed by atoms with E-state index >= 15 is 0 Å². The Labute approximate surface area is 179 Å². The van der Waals surface area contributed by atoms with Gasteiger partial charge in [0, 0.05) is 25.2 Å². The first-order chi connectivity index (χ1) is 14.4. The predicted octanol–water partition coefficient (Wildman–Crippen LogP) is 3.90. The fraction of sp³-hybridized carbons (Fsp3) is 0.458. The molecular weight excluding hydrogens is 378 g/mol. The van der Waals surface area contributed by atoms with Gasteiger partial charge in [-0.3, -0.25) is 4.90 Å². The monoisotopic (exact) mass is 411 g/mol. The molecule has 162 valence electrons. The van der Waals surface area contributed by atoms with Gasteiger partial charge in [-0.1, -0.05) is 30.3 Å². The molecule has 2 unspecified atom stereocenters. The molecule has 0 fully saturated rings. The molecule has 0 saturated heterocycles. The van der Waals surface area contributed by atoms with Gasteiger partial charge >= 0.3 is 6.03 Å². The van der Waals surface area contributed by atoms with Crippen LogP contribution < -0.4 is 20.1 Å². The van der Waals surface area contributed by atoms with Crippen LogP contribution in [0.4, 0.5) is 4.79 Å². The molecule has 6 heteroatoms. The van der Waals surface area contributed by atoms with Gasteiger partial charge in [-0.15, -0.1) is 0 Å². The van der Waals surface area contributed by atoms with E-state index in [0.29, 0.717) is 5.75 Å². The molecule has 1 heterocycles. The summed E-state index contributed by atoms with van der Waals surface area (Å²) in [4.78, 5) is 14.9. The van der Waals surface area contributed by atoms with E-state index < -0.39 is 0 Å². The van der Waals surface area contributed by atoms with Gasteiger partial charge in [-0.2, -0.15) is 0 Å². The van der Waals surface area contributed by atoms with Crippen molar-refractivity contribution < 1.29 is 14.3 Å². The normalized spacial score (nSPS) is 17.2. The number of carbonyl (C=O) groups is 1. The smallest absolute Gasteiger partial charge is 0.315 e. The highest BCUT2D eigenvalue weighted by molar-refractivity contribution is 5.74. The quantitative estimate of drug-likeness (QED) is 0.725. The van der Waals surface area contributed by atoms with Crippen molar-refractivity contribution >= 4 is 6.03 Å². The number of hydrogen-bond donors (Lipinski definition) is 2. The van der Waals surface area contributed by atoms with E-state index in [2.05, 4.69) is 58.9 Å². The molecule has 3 rings (SSSR count). The third-order valence-electron chi connectivity index (χ3n) is 5.51. The Balaban J connectivity index is 1.95. The molecule has 0 aliphatic carbocycles. The Kier molecular flexibility index (Phi) is 7.21. The van der Waals surface area contributed by atoms with Gasteiger partial charge in [0.2, 0.25) is 0 Å². The second kappa shape index (κ2) is 9.85. The van der Waals surface area contributed by atoms with E-state index in [0.717, 1.165) is 25.3 Å². The lowest BCUT2D eigenvalue weighted by Crippen LogP contribution is -2.50. The van der Waals surface area contributed by atoms with Crippen molar-refractivity contribution in [3.05, 3.63) is 59.2 Å². The van der Waals surface area contributed by atoms with Crippen LogP contribution in [0.25, 0.3) is 0 Å². The van der Waals surface area contributed by atoms with Crippen LogP contribution in [0.2, 0.25) is 0 Å². The molecule has 30 heavy (non-hydrogen) atoms. The summed E-state index contributed by atoms with van der Waals surface area (Å²) in [5.41, 5.74) is 3.66. The number of hydrogen-bond acceptors (Lipinski definition) is 4. The first kappa shape index (κ1) is 22.0. The van der Waals surface area contributed by atoms with Crippen LogP contribution in [0.15, 0.2) is 42.5 Å². The summed E-state index contributed by atoms with van der Waals surface area (Å²) in [5.74, 6) is 1.45. The van der Waals surface area contributed by atoms with Gasteiger partial charge < -0.3 is 20.1 Å². The number of fused-ring (bicyclic) bond motifs is 1. The molecule has 2 N–H and O–H groups in total. The van der Waals surface area contributed by atoms with Gasteiger partial charge in [0.25, 0.3) is 0 Å². The summed E-state index contributed by atoms with van der Waals surface area (Å²) < 4.78 is 11.1. The largest absolute Gasteiger partial charge is 0.493 e. The minimum atomic E-state index is -0.148. The second-order valence-electron chi connectivity index (χ2n) is 8.12. The minimum absolute atomic E-state index is 0.0201. The van der Waals surface area contributed by atoms with Crippen LogP contribution in [-0.4, -0.2) is 43.8 Å². The Morgan fingerprint density at radius 3 is 2.37 bits per heavy atom. The molecular formula is C24H33N3O3. The third-order valence-corrected chi connectivity index (χ3v) is 5.51. The summed E-state index contributed by atoms with van der Waals surface area (Å²) in [7, 11) is 3.31. The average Bonchev–Trinajstić information content (AvgIpc) is 2.72. The third kappa shape index (κ3) is 5.05. The maximum atomic E-state index is 12.4. The van der Waals surface area contributed by atoms with Crippen molar-refractivity contribution in [2.45, 2.75) is 51.9 Å². The molecule has 0 radical (unpaired) electrons. The number of amides is 2. The molecule has 0 bridgehead atoms. The summed E-state index contributed by atoms with van der Waals surface area (Å²) in [6.45, 7) is 7.70. The number of ether oxygens (including phenoxy) is 2. The Hall–Kier alpha value is -2.73. The lowest BCUT2D eigenvalue weighted by Gasteiger charge is -2.41. The van der Waals surface area contributed by atoms with E-state index in [1.807, 2.05) is 19.9 Å². The van der Waals surface area contributed by atoms with Crippen LogP contribution in [-0.2, 0) is 13.0 Å². The average molecular weight is 412 g/mol. The van der Waals surface area contributed by atoms with Crippen LogP contribution in [0.1, 0.15) is 43.5 Å². The summed E-state index contributed by atoms with van der Waals surface area (Å²) in [6, 6.07) is 14.4. The Bertz CT molecular complexity index is 854. The minimum Gasteiger partial charge on any atom is -0.493 e. The number of urea groups is 1. The predicted molar refractivity (Wildman–Crippen MR) is 119 cm³/mol. The van der Waals surface area contributed by atoms with Crippen molar-refractivity contribution in [2.75, 3.05) is 20.8 Å². The molecule has 6 nitrogen and oxygen atoms in total. The zero-order valence-electron chi connectivity index (χ0n) is 18.6. The van der Waals surface area contributed by atoms with Gasteiger partial charge in [0.1, 0.15) is 0 Å². The van der Waals surface area contributed by atoms with Crippen molar-refractivity contribution in [1.29, 1.82) is 0 Å². The zero-order chi connectivity index (χ0) is 21.7. The van der Waals surface area contributed by atoms with Crippen molar-refractivity contribution in [2.24, 2.45) is 0 Å². The van der Waals surface area contributed by atoms with E-state index in [4.69, 9.17) is 9.47 Å². The fourth-order valence-electron chi connectivity index (χ4n) is 4.20. The SMILES string of the molecule is COc1cc2c(cc1OC)C(C(C)NC(=O)NC(C)C)N(Cc1ccccc1)CC2. The van der Waals surface area contributed by atoms with Gasteiger partial charge in [0.15, 0.2) is 11.5 Å². The molecule has 2 atom stereocenters. The first-order valence-electron chi connectivity index (χ1n) is 10.5. The number of benzene rings is 2. The van der Waals surface area contributed by atoms with Crippen molar-refractivity contribution in [1.82, 2.24) is 15.5 Å². The second-order valence-corrected chi connectivity index (χ2v) is 8.12. The van der Waals surface area contributed by atoms with E-state index in [1.54, 1.807) is 14.2 Å². The van der Waals surface area contributed by atoms with Crippen molar-refractivity contribution in [3.63, 3.8) is 0 Å². The number of carbonyl (C=O) groups excluding carboxylic acids is 1. The van der Waals surface area contributed by atoms with Gasteiger partial charge in [-0.05, 0) is 56.0 Å². The lowest BCUT2D eigenvalue weighted by atomic mass is 9.87. The lowest BCUT2D eigenvalue weighted by molar-refractivity contribution is 0.143. The molecule has 0 aromatic heterocycles. The highest BCUT2D eigenvalue weighted by atomic mass is 16.5. The number of rotatable bonds is 7. The molecule has 0 saturated carbocycles. The maximum Gasteiger partial charge on any atom is 0.315 e. The highest BCUT2D eigenvalue weighted by Gasteiger charge is 2.33. The Morgan fingerprint density at radius 1 is 1.07 bits per heavy atom. The Morgan fingerprint density at radius 2 is 1.73 bits per heavy atom. The molecule has 1 aliphatic rings. The van der Waals surface area contributed by atoms with Crippen LogP contribution >= 0.6 is 0 Å². The zero-order valence-corrected chi connectivity index (χ0v) is 18.6. The van der Waals surface area contributed by atoms with Crippen LogP contribution in [0.3, 0.4) is 0 Å². The van der Waals surface area contributed by atoms with Gasteiger partial charge in [0.05, 0.1) is 20.3 Å². The standard InChI is InChI=1S/C24H33N3O3/c1-16(2)25-24(28)26-17(3)23-20-14-22(30-5)21(29-4)13-19(20)11-12-27(23)15-18-9-7-6-8-10-18/h6-10,13-14,16-17,23H,11-12,15H2,1-5H3,(H2,25,26,28). The number of nitrogens with zero attached hydrogens (tertiary/aromatic N) is 1. The first-order valence-corrected chi connectivity index (χ1v) is 10.5. The molecule has 2 aromatic rings. The van der Waals surface area contributed by atoms with Crippen LogP contribution in [0.5, 0.6) is 11.5 Å². The van der Waals surface area contributed by atoms with E-state index in [-0.39, 0.29) is 24.2 Å². The molecule has 0 spiro atoms. The molecule has 2 amide bonds. The van der Waals surface area contributed by atoms with Crippen molar-refractivity contribution in [3.8, 4) is 11.5 Å². The number of nitrogens with one attached hydrogen (secondary N) is 2. The van der Waals surface area contributed by atoms with Crippen LogP contribution in [0, 0.1) is 0 Å². The fourth-order valence-corrected chi connectivity index (χ4v) is 4.20. The topological polar surface area (TPSA) is 62.8 Å². The van der Waals surface area contributed by atoms with E-state index in [1.165, 1.54) is 16.7 Å². The maximum absolute atomic E-state index is 12.4. The molecule has 2 aromatic carbocycles. The highest BCUT2D eigenvalue weighted by Crippen LogP contribution is 2.40. The van der Waals surface area contributed by atoms with Gasteiger partial charge in [-0.25, -0.2) is 4.79 Å². The summed E-state index contributed by atoms with van der Waals surface area (Å²) in [5, 5.41) is 6.07. The summed E-state index contributed by atoms with van der Waals surface area (Å²) >= 11 is 0.